The summed E-state index contributed by atoms with van der Waals surface area (Å²) in [4.78, 5) is 16.7. The molecule has 1 amide bonds. The number of aromatic nitrogens is 2. The minimum absolute atomic E-state index is 0.00339. The molecule has 0 aliphatic carbocycles. The maximum absolute atomic E-state index is 12.2. The Bertz CT molecular complexity index is 853. The first-order valence-electron chi connectivity index (χ1n) is 7.93. The molecular formula is C19H21N3O2. The van der Waals surface area contributed by atoms with Gasteiger partial charge in [-0.1, -0.05) is 36.4 Å². The summed E-state index contributed by atoms with van der Waals surface area (Å²) in [6, 6.07) is 13.2. The van der Waals surface area contributed by atoms with Crippen LogP contribution in [-0.4, -0.2) is 20.4 Å². The molecular weight excluding hydrogens is 302 g/mol. The lowest BCUT2D eigenvalue weighted by atomic mass is 9.92. The second-order valence-electron chi connectivity index (χ2n) is 6.25. The predicted octanol–water partition coefficient (Wildman–Crippen LogP) is 2.56. The summed E-state index contributed by atoms with van der Waals surface area (Å²) >= 11 is 0. The molecule has 2 aromatic heterocycles. The summed E-state index contributed by atoms with van der Waals surface area (Å²) in [5, 5.41) is 13.4. The summed E-state index contributed by atoms with van der Waals surface area (Å²) in [5.41, 5.74) is 2.29. The number of rotatable bonds is 5. The van der Waals surface area contributed by atoms with Gasteiger partial charge in [-0.05, 0) is 31.0 Å². The molecule has 0 radical (unpaired) electrons. The van der Waals surface area contributed by atoms with Crippen molar-refractivity contribution in [3.05, 3.63) is 71.7 Å². The Hall–Kier alpha value is -2.66. The van der Waals surface area contributed by atoms with Crippen LogP contribution in [0.15, 0.2) is 54.9 Å². The normalized spacial score (nSPS) is 13.6. The predicted molar refractivity (Wildman–Crippen MR) is 92.4 cm³/mol. The number of pyridine rings is 1. The lowest BCUT2D eigenvalue weighted by Gasteiger charge is -2.23. The van der Waals surface area contributed by atoms with Gasteiger partial charge in [0.2, 0.25) is 5.91 Å². The molecule has 5 nitrogen and oxygen atoms in total. The third-order valence-corrected chi connectivity index (χ3v) is 4.09. The molecule has 0 aliphatic heterocycles. The van der Waals surface area contributed by atoms with E-state index >= 15 is 0 Å². The van der Waals surface area contributed by atoms with Crippen molar-refractivity contribution < 1.29 is 9.90 Å². The molecule has 1 aromatic carbocycles. The number of fused-ring (bicyclic) bond motifs is 1. The zero-order valence-electron chi connectivity index (χ0n) is 13.9. The number of aryl methyl sites for hydroxylation is 1. The van der Waals surface area contributed by atoms with Gasteiger partial charge < -0.3 is 14.8 Å². The Balaban J connectivity index is 1.63. The van der Waals surface area contributed by atoms with E-state index in [0.29, 0.717) is 6.54 Å². The molecule has 0 bridgehead atoms. The molecule has 5 heteroatoms. The Labute approximate surface area is 141 Å². The summed E-state index contributed by atoms with van der Waals surface area (Å²) in [5.74, 6) is -0.211. The number of amides is 1. The highest BCUT2D eigenvalue weighted by Gasteiger charge is 2.26. The molecule has 0 saturated heterocycles. The second-order valence-corrected chi connectivity index (χ2v) is 6.25. The van der Waals surface area contributed by atoms with E-state index in [1.165, 1.54) is 0 Å². The highest BCUT2D eigenvalue weighted by atomic mass is 16.3. The number of aliphatic hydroxyl groups is 1. The van der Waals surface area contributed by atoms with Gasteiger partial charge in [-0.2, -0.15) is 0 Å². The van der Waals surface area contributed by atoms with Gasteiger partial charge in [-0.25, -0.2) is 4.98 Å². The number of carbonyl (C=O) groups is 1. The van der Waals surface area contributed by atoms with Crippen LogP contribution in [0, 0.1) is 6.92 Å². The molecule has 2 N–H and O–H groups in total. The van der Waals surface area contributed by atoms with E-state index in [9.17, 15) is 9.90 Å². The molecule has 0 saturated carbocycles. The monoisotopic (exact) mass is 323 g/mol. The van der Waals surface area contributed by atoms with Crippen LogP contribution >= 0.6 is 0 Å². The molecule has 0 aliphatic rings. The lowest BCUT2D eigenvalue weighted by Crippen LogP contribution is -2.32. The topological polar surface area (TPSA) is 66.6 Å². The van der Waals surface area contributed by atoms with Crippen LogP contribution in [0.25, 0.3) is 5.65 Å². The first-order valence-corrected chi connectivity index (χ1v) is 7.93. The zero-order chi connectivity index (χ0) is 17.2. The van der Waals surface area contributed by atoms with E-state index in [1.807, 2.05) is 66.2 Å². The second kappa shape index (κ2) is 6.45. The lowest BCUT2D eigenvalue weighted by molar-refractivity contribution is -0.126. The van der Waals surface area contributed by atoms with Gasteiger partial charge in [0, 0.05) is 12.4 Å². The van der Waals surface area contributed by atoms with Crippen molar-refractivity contribution in [2.45, 2.75) is 32.4 Å². The van der Waals surface area contributed by atoms with Crippen molar-refractivity contribution in [3.63, 3.8) is 0 Å². The van der Waals surface area contributed by atoms with Gasteiger partial charge >= 0.3 is 0 Å². The summed E-state index contributed by atoms with van der Waals surface area (Å²) in [6.07, 6.45) is 3.84. The molecule has 1 unspecified atom stereocenters. The van der Waals surface area contributed by atoms with E-state index in [2.05, 4.69) is 10.3 Å². The summed E-state index contributed by atoms with van der Waals surface area (Å²) < 4.78 is 1.94. The van der Waals surface area contributed by atoms with E-state index in [1.54, 1.807) is 6.92 Å². The average Bonchev–Trinajstić information content (AvgIpc) is 2.98. The van der Waals surface area contributed by atoms with Crippen molar-refractivity contribution in [1.29, 1.82) is 0 Å². The maximum Gasteiger partial charge on any atom is 0.223 e. The smallest absolute Gasteiger partial charge is 0.223 e. The van der Waals surface area contributed by atoms with Crippen LogP contribution in [-0.2, 0) is 16.9 Å². The van der Waals surface area contributed by atoms with E-state index in [0.717, 1.165) is 22.5 Å². The molecule has 3 aromatic rings. The molecule has 124 valence electrons. The van der Waals surface area contributed by atoms with Crippen molar-refractivity contribution in [3.8, 4) is 0 Å². The standard InChI is InChI=1S/C19H21N3O2/c1-14-7-6-10-22-13-16(21-18(14)22)12-20-17(23)11-19(2,24)15-8-4-3-5-9-15/h3-10,13,24H,11-12H2,1-2H3,(H,20,23). The fourth-order valence-corrected chi connectivity index (χ4v) is 2.75. The molecule has 0 spiro atoms. The Morgan fingerprint density at radius 3 is 2.71 bits per heavy atom. The minimum Gasteiger partial charge on any atom is -0.385 e. The SMILES string of the molecule is Cc1cccn2cc(CNC(=O)CC(C)(O)c3ccccc3)nc12. The van der Waals surface area contributed by atoms with Gasteiger partial charge in [0.1, 0.15) is 5.65 Å². The number of carbonyl (C=O) groups excluding carboxylic acids is 1. The van der Waals surface area contributed by atoms with Gasteiger partial charge in [0.05, 0.1) is 24.3 Å². The number of hydrogen-bond acceptors (Lipinski definition) is 3. The van der Waals surface area contributed by atoms with Crippen molar-refractivity contribution >= 4 is 11.6 Å². The fraction of sp³-hybridized carbons (Fsp3) is 0.263. The van der Waals surface area contributed by atoms with E-state index < -0.39 is 5.60 Å². The highest BCUT2D eigenvalue weighted by Crippen LogP contribution is 2.23. The van der Waals surface area contributed by atoms with Gasteiger partial charge in [0.15, 0.2) is 0 Å². The van der Waals surface area contributed by atoms with Crippen LogP contribution in [0.3, 0.4) is 0 Å². The third-order valence-electron chi connectivity index (χ3n) is 4.09. The van der Waals surface area contributed by atoms with E-state index in [-0.39, 0.29) is 12.3 Å². The largest absolute Gasteiger partial charge is 0.385 e. The maximum atomic E-state index is 12.2. The van der Waals surface area contributed by atoms with Crippen molar-refractivity contribution in [1.82, 2.24) is 14.7 Å². The molecule has 24 heavy (non-hydrogen) atoms. The number of benzene rings is 1. The van der Waals surface area contributed by atoms with Crippen LogP contribution in [0.1, 0.15) is 30.2 Å². The summed E-state index contributed by atoms with van der Waals surface area (Å²) in [6.45, 7) is 3.99. The third kappa shape index (κ3) is 3.46. The van der Waals surface area contributed by atoms with Crippen molar-refractivity contribution in [2.75, 3.05) is 0 Å². The number of hydrogen-bond donors (Lipinski definition) is 2. The number of imidazole rings is 1. The van der Waals surface area contributed by atoms with Gasteiger partial charge in [0.25, 0.3) is 0 Å². The Morgan fingerprint density at radius 2 is 2.00 bits per heavy atom. The summed E-state index contributed by atoms with van der Waals surface area (Å²) in [7, 11) is 0. The van der Waals surface area contributed by atoms with Gasteiger partial charge in [-0.15, -0.1) is 0 Å². The number of nitrogens with zero attached hydrogens (tertiary/aromatic N) is 2. The zero-order valence-corrected chi connectivity index (χ0v) is 13.9. The average molecular weight is 323 g/mol. The van der Waals surface area contributed by atoms with Crippen LogP contribution in [0.5, 0.6) is 0 Å². The first kappa shape index (κ1) is 16.2. The van der Waals surface area contributed by atoms with Gasteiger partial charge in [-0.3, -0.25) is 4.79 Å². The Morgan fingerprint density at radius 1 is 1.25 bits per heavy atom. The minimum atomic E-state index is -1.19. The van der Waals surface area contributed by atoms with Crippen LogP contribution < -0.4 is 5.32 Å². The quantitative estimate of drug-likeness (QED) is 0.758. The Kier molecular flexibility index (Phi) is 4.36. The molecule has 3 rings (SSSR count). The number of nitrogens with one attached hydrogen (secondary N) is 1. The molecule has 0 fully saturated rings. The first-order chi connectivity index (χ1) is 11.5. The van der Waals surface area contributed by atoms with Crippen LogP contribution in [0.4, 0.5) is 0 Å². The molecule has 1 atom stereocenters. The fourth-order valence-electron chi connectivity index (χ4n) is 2.75. The molecule has 2 heterocycles. The van der Waals surface area contributed by atoms with E-state index in [4.69, 9.17) is 0 Å². The van der Waals surface area contributed by atoms with Crippen molar-refractivity contribution in [2.24, 2.45) is 0 Å². The van der Waals surface area contributed by atoms with Crippen LogP contribution in [0.2, 0.25) is 0 Å². The highest BCUT2D eigenvalue weighted by molar-refractivity contribution is 5.77.